The lowest BCUT2D eigenvalue weighted by molar-refractivity contribution is 0.280. The van der Waals surface area contributed by atoms with Gasteiger partial charge in [0, 0.05) is 16.2 Å². The molecule has 0 atom stereocenters. The Morgan fingerprint density at radius 1 is 1.35 bits per heavy atom. The number of aliphatic hydroxyl groups excluding tert-OH is 1. The molecular weight excluding hydrogens is 282 g/mol. The van der Waals surface area contributed by atoms with E-state index < -0.39 is 0 Å². The molecule has 2 heterocycles. The van der Waals surface area contributed by atoms with Crippen molar-refractivity contribution in [1.82, 2.24) is 14.8 Å². The number of halogens is 1. The second-order valence-corrected chi connectivity index (χ2v) is 5.03. The lowest BCUT2D eigenvalue weighted by atomic mass is 10.1. The van der Waals surface area contributed by atoms with Crippen LogP contribution in [0.1, 0.15) is 31.0 Å². The fourth-order valence-corrected chi connectivity index (χ4v) is 2.04. The molecule has 4 nitrogen and oxygen atoms in total. The zero-order valence-corrected chi connectivity index (χ0v) is 11.3. The molecule has 0 saturated carbocycles. The molecule has 0 aliphatic rings. The van der Waals surface area contributed by atoms with Crippen molar-refractivity contribution < 1.29 is 5.11 Å². The Labute approximate surface area is 108 Å². The normalized spacial score (nSPS) is 11.1. The molecular formula is C12H14BrN3O. The SMILES string of the molecule is CC(C)c1c(CO)cnn1-c1ccc(Br)cn1. The Bertz CT molecular complexity index is 505. The molecule has 0 aliphatic heterocycles. The second-order valence-electron chi connectivity index (χ2n) is 4.11. The van der Waals surface area contributed by atoms with Crippen molar-refractivity contribution in [3.8, 4) is 5.82 Å². The highest BCUT2D eigenvalue weighted by atomic mass is 79.9. The van der Waals surface area contributed by atoms with Crippen LogP contribution in [0.2, 0.25) is 0 Å². The zero-order chi connectivity index (χ0) is 12.4. The summed E-state index contributed by atoms with van der Waals surface area (Å²) >= 11 is 3.35. The van der Waals surface area contributed by atoms with Gasteiger partial charge in [0.25, 0.3) is 0 Å². The monoisotopic (exact) mass is 295 g/mol. The highest BCUT2D eigenvalue weighted by Gasteiger charge is 2.15. The van der Waals surface area contributed by atoms with Gasteiger partial charge >= 0.3 is 0 Å². The van der Waals surface area contributed by atoms with Gasteiger partial charge < -0.3 is 5.11 Å². The van der Waals surface area contributed by atoms with Crippen LogP contribution in [0.4, 0.5) is 0 Å². The van der Waals surface area contributed by atoms with Crippen molar-refractivity contribution >= 4 is 15.9 Å². The van der Waals surface area contributed by atoms with Crippen LogP contribution in [0.25, 0.3) is 5.82 Å². The average molecular weight is 296 g/mol. The first kappa shape index (κ1) is 12.3. The summed E-state index contributed by atoms with van der Waals surface area (Å²) in [6, 6.07) is 3.82. The second kappa shape index (κ2) is 4.98. The molecule has 2 aromatic rings. The van der Waals surface area contributed by atoms with Crippen LogP contribution in [0.15, 0.2) is 29.0 Å². The van der Waals surface area contributed by atoms with E-state index in [4.69, 9.17) is 0 Å². The molecule has 0 spiro atoms. The third kappa shape index (κ3) is 2.40. The fourth-order valence-electron chi connectivity index (χ4n) is 1.80. The first-order chi connectivity index (χ1) is 8.13. The molecule has 0 saturated heterocycles. The number of pyridine rings is 1. The Kier molecular flexibility index (Phi) is 3.59. The van der Waals surface area contributed by atoms with E-state index in [-0.39, 0.29) is 12.5 Å². The van der Waals surface area contributed by atoms with Crippen molar-refractivity contribution in [1.29, 1.82) is 0 Å². The summed E-state index contributed by atoms with van der Waals surface area (Å²) in [5, 5.41) is 13.6. The Hall–Kier alpha value is -1.20. The van der Waals surface area contributed by atoms with Crippen molar-refractivity contribution in [3.05, 3.63) is 40.3 Å². The minimum absolute atomic E-state index is 0.00401. The van der Waals surface area contributed by atoms with Gasteiger partial charge in [0.2, 0.25) is 0 Å². The number of aromatic nitrogens is 3. The van der Waals surface area contributed by atoms with Crippen molar-refractivity contribution in [2.45, 2.75) is 26.4 Å². The number of rotatable bonds is 3. The van der Waals surface area contributed by atoms with E-state index in [1.165, 1.54) is 0 Å². The minimum Gasteiger partial charge on any atom is -0.392 e. The predicted molar refractivity (Wildman–Crippen MR) is 69.1 cm³/mol. The van der Waals surface area contributed by atoms with E-state index in [0.717, 1.165) is 21.5 Å². The van der Waals surface area contributed by atoms with Gasteiger partial charge in [0.1, 0.15) is 0 Å². The molecule has 0 aliphatic carbocycles. The lowest BCUT2D eigenvalue weighted by Crippen LogP contribution is -2.07. The maximum absolute atomic E-state index is 9.29. The number of hydrogen-bond acceptors (Lipinski definition) is 3. The van der Waals surface area contributed by atoms with Gasteiger partial charge in [-0.25, -0.2) is 9.67 Å². The summed E-state index contributed by atoms with van der Waals surface area (Å²) in [6.07, 6.45) is 3.43. The van der Waals surface area contributed by atoms with E-state index in [1.807, 2.05) is 12.1 Å². The molecule has 0 amide bonds. The van der Waals surface area contributed by atoms with E-state index in [2.05, 4.69) is 39.9 Å². The van der Waals surface area contributed by atoms with Crippen LogP contribution < -0.4 is 0 Å². The number of aliphatic hydroxyl groups is 1. The fraction of sp³-hybridized carbons (Fsp3) is 0.333. The minimum atomic E-state index is 0.00401. The number of hydrogen-bond donors (Lipinski definition) is 1. The van der Waals surface area contributed by atoms with Crippen LogP contribution in [0, 0.1) is 0 Å². The Morgan fingerprint density at radius 2 is 2.12 bits per heavy atom. The highest BCUT2D eigenvalue weighted by molar-refractivity contribution is 9.10. The largest absolute Gasteiger partial charge is 0.392 e. The average Bonchev–Trinajstić information content (AvgIpc) is 2.73. The van der Waals surface area contributed by atoms with E-state index in [1.54, 1.807) is 17.1 Å². The molecule has 1 N–H and O–H groups in total. The smallest absolute Gasteiger partial charge is 0.153 e. The summed E-state index contributed by atoms with van der Waals surface area (Å²) < 4.78 is 2.71. The van der Waals surface area contributed by atoms with Gasteiger partial charge in [0.05, 0.1) is 18.5 Å². The van der Waals surface area contributed by atoms with Gasteiger partial charge in [-0.1, -0.05) is 13.8 Å². The molecule has 2 rings (SSSR count). The van der Waals surface area contributed by atoms with Crippen LogP contribution >= 0.6 is 15.9 Å². The van der Waals surface area contributed by atoms with E-state index in [9.17, 15) is 5.11 Å². The molecule has 0 fully saturated rings. The maximum Gasteiger partial charge on any atom is 0.153 e. The van der Waals surface area contributed by atoms with Crippen LogP contribution in [-0.2, 0) is 6.61 Å². The third-order valence-electron chi connectivity index (χ3n) is 2.53. The van der Waals surface area contributed by atoms with E-state index >= 15 is 0 Å². The molecule has 17 heavy (non-hydrogen) atoms. The summed E-state index contributed by atoms with van der Waals surface area (Å²) in [4.78, 5) is 4.31. The lowest BCUT2D eigenvalue weighted by Gasteiger charge is -2.11. The van der Waals surface area contributed by atoms with Gasteiger partial charge in [-0.15, -0.1) is 0 Å². The molecule has 0 bridgehead atoms. The predicted octanol–water partition coefficient (Wildman–Crippen LogP) is 2.65. The van der Waals surface area contributed by atoms with Gasteiger partial charge in [-0.3, -0.25) is 0 Å². The first-order valence-corrected chi connectivity index (χ1v) is 6.22. The number of nitrogens with zero attached hydrogens (tertiary/aromatic N) is 3. The van der Waals surface area contributed by atoms with Crippen molar-refractivity contribution in [2.75, 3.05) is 0 Å². The molecule has 0 unspecified atom stereocenters. The molecule has 0 aromatic carbocycles. The first-order valence-electron chi connectivity index (χ1n) is 5.43. The Balaban J connectivity index is 2.51. The topological polar surface area (TPSA) is 50.9 Å². The van der Waals surface area contributed by atoms with Crippen LogP contribution in [-0.4, -0.2) is 19.9 Å². The van der Waals surface area contributed by atoms with Crippen LogP contribution in [0.3, 0.4) is 0 Å². The summed E-state index contributed by atoms with van der Waals surface area (Å²) in [6.45, 7) is 4.15. The van der Waals surface area contributed by atoms with Crippen LogP contribution in [0.5, 0.6) is 0 Å². The van der Waals surface area contributed by atoms with Crippen molar-refractivity contribution in [2.24, 2.45) is 0 Å². The molecule has 5 heteroatoms. The summed E-state index contributed by atoms with van der Waals surface area (Å²) in [5.41, 5.74) is 1.85. The maximum atomic E-state index is 9.29. The third-order valence-corrected chi connectivity index (χ3v) is 3.00. The Morgan fingerprint density at radius 3 is 2.65 bits per heavy atom. The zero-order valence-electron chi connectivity index (χ0n) is 9.76. The van der Waals surface area contributed by atoms with Gasteiger partial charge in [-0.2, -0.15) is 5.10 Å². The molecule has 90 valence electrons. The quantitative estimate of drug-likeness (QED) is 0.947. The standard InChI is InChI=1S/C12H14BrN3O/c1-8(2)12-9(7-17)5-15-16(12)11-4-3-10(13)6-14-11/h3-6,8,17H,7H2,1-2H3. The summed E-state index contributed by atoms with van der Waals surface area (Å²) in [7, 11) is 0. The highest BCUT2D eigenvalue weighted by Crippen LogP contribution is 2.22. The summed E-state index contributed by atoms with van der Waals surface area (Å²) in [5.74, 6) is 1.04. The van der Waals surface area contributed by atoms with Crippen molar-refractivity contribution in [3.63, 3.8) is 0 Å². The van der Waals surface area contributed by atoms with E-state index in [0.29, 0.717) is 0 Å². The molecule has 0 radical (unpaired) electrons. The van der Waals surface area contributed by atoms with Gasteiger partial charge in [0.15, 0.2) is 5.82 Å². The van der Waals surface area contributed by atoms with Gasteiger partial charge in [-0.05, 0) is 34.0 Å². The molecule has 2 aromatic heterocycles.